The fraction of sp³-hybridized carbons (Fsp3) is 0.981. The third kappa shape index (κ3) is 33.3. The molecule has 1 amide bonds. The van der Waals surface area contributed by atoms with Crippen molar-refractivity contribution in [2.75, 3.05) is 13.2 Å². The Labute approximate surface area is 399 Å². The van der Waals surface area contributed by atoms with E-state index in [1.807, 2.05) is 0 Å². The lowest BCUT2D eigenvalue weighted by atomic mass is 9.98. The molecular weight excluding hydrogens is 823 g/mol. The lowest BCUT2D eigenvalue weighted by Crippen LogP contribution is -2.60. The Morgan fingerprint density at radius 2 is 0.800 bits per heavy atom. The molecule has 1 aliphatic rings. The van der Waals surface area contributed by atoms with E-state index in [1.54, 1.807) is 0 Å². The first-order valence-corrected chi connectivity index (χ1v) is 27.9. The molecule has 0 aromatic heterocycles. The number of carbonyl (C=O) groups is 1. The number of unbranched alkanes of at least 4 members (excludes halogenated alkanes) is 36. The molecular formula is C54H107NO10. The highest BCUT2D eigenvalue weighted by Crippen LogP contribution is 2.23. The summed E-state index contributed by atoms with van der Waals surface area (Å²) < 4.78 is 11.1. The van der Waals surface area contributed by atoms with E-state index in [-0.39, 0.29) is 6.42 Å². The number of nitrogens with one attached hydrogen (secondary N) is 1. The average Bonchev–Trinajstić information content (AvgIpc) is 3.31. The van der Waals surface area contributed by atoms with Crippen molar-refractivity contribution in [1.82, 2.24) is 5.32 Å². The molecule has 0 aliphatic carbocycles. The van der Waals surface area contributed by atoms with E-state index in [0.717, 1.165) is 38.5 Å². The average molecular weight is 930 g/mol. The summed E-state index contributed by atoms with van der Waals surface area (Å²) in [5.41, 5.74) is 0. The molecule has 1 fully saturated rings. The van der Waals surface area contributed by atoms with E-state index < -0.39 is 74.2 Å². The van der Waals surface area contributed by atoms with Gasteiger partial charge in [-0.1, -0.05) is 258 Å². The van der Waals surface area contributed by atoms with Crippen molar-refractivity contribution in [3.05, 3.63) is 0 Å². The van der Waals surface area contributed by atoms with Crippen LogP contribution in [0.5, 0.6) is 0 Å². The fourth-order valence-electron chi connectivity index (χ4n) is 9.33. The third-order valence-electron chi connectivity index (χ3n) is 13.9. The lowest BCUT2D eigenvalue weighted by Gasteiger charge is -2.40. The smallest absolute Gasteiger partial charge is 0.249 e. The molecule has 11 heteroatoms. The summed E-state index contributed by atoms with van der Waals surface area (Å²) >= 11 is 0. The van der Waals surface area contributed by atoms with E-state index in [0.29, 0.717) is 19.3 Å². The zero-order chi connectivity index (χ0) is 47.6. The summed E-state index contributed by atoms with van der Waals surface area (Å²) in [4.78, 5) is 13.0. The standard InChI is InChI=1S/C54H107NO10/c1-3-5-7-9-11-13-14-15-16-17-18-19-20-21-22-23-24-25-26-27-28-29-30-31-32-33-34-36-37-39-41-46(57)49(59)45(44-64-54-52(62)51(61)50(60)48(43-56)65-54)55-53(63)47(58)42-40-38-35-12-10-8-6-4-2/h45-52,54,56-62H,3-44H2,1-2H3,(H,55,63). The van der Waals surface area contributed by atoms with E-state index in [2.05, 4.69) is 19.2 Å². The maximum absolute atomic E-state index is 13.0. The van der Waals surface area contributed by atoms with Gasteiger partial charge in [-0.25, -0.2) is 0 Å². The van der Waals surface area contributed by atoms with E-state index in [9.17, 15) is 40.5 Å². The number of carbonyl (C=O) groups excluding carboxylic acids is 1. The van der Waals surface area contributed by atoms with Gasteiger partial charge >= 0.3 is 0 Å². The molecule has 388 valence electrons. The largest absolute Gasteiger partial charge is 0.394 e. The van der Waals surface area contributed by atoms with Gasteiger partial charge in [-0.15, -0.1) is 0 Å². The number of rotatable bonds is 48. The van der Waals surface area contributed by atoms with Crippen molar-refractivity contribution < 1.29 is 50.0 Å². The van der Waals surface area contributed by atoms with Crippen molar-refractivity contribution in [3.8, 4) is 0 Å². The lowest BCUT2D eigenvalue weighted by molar-refractivity contribution is -0.303. The third-order valence-corrected chi connectivity index (χ3v) is 13.9. The summed E-state index contributed by atoms with van der Waals surface area (Å²) in [7, 11) is 0. The Bertz CT molecular complexity index is 1020. The van der Waals surface area contributed by atoms with Crippen LogP contribution in [0.2, 0.25) is 0 Å². The van der Waals surface area contributed by atoms with Gasteiger partial charge in [-0.2, -0.15) is 0 Å². The molecule has 0 bridgehead atoms. The van der Waals surface area contributed by atoms with Gasteiger partial charge in [0, 0.05) is 0 Å². The Morgan fingerprint density at radius 3 is 1.14 bits per heavy atom. The number of hydrogen-bond acceptors (Lipinski definition) is 10. The maximum Gasteiger partial charge on any atom is 0.249 e. The van der Waals surface area contributed by atoms with Crippen LogP contribution in [0.25, 0.3) is 0 Å². The minimum Gasteiger partial charge on any atom is -0.394 e. The SMILES string of the molecule is CCCCCCCCCCCCCCCCCCCCCCCCCCCCCCCCC(O)C(O)C(COC1OC(CO)C(O)C(O)C1O)NC(=O)C(O)CCCCCCCCCC. The highest BCUT2D eigenvalue weighted by Gasteiger charge is 2.44. The van der Waals surface area contributed by atoms with Crippen molar-refractivity contribution in [1.29, 1.82) is 0 Å². The highest BCUT2D eigenvalue weighted by atomic mass is 16.7. The molecule has 1 rings (SSSR count). The van der Waals surface area contributed by atoms with Gasteiger partial charge in [0.05, 0.1) is 25.4 Å². The van der Waals surface area contributed by atoms with E-state index in [4.69, 9.17) is 9.47 Å². The second-order valence-corrected chi connectivity index (χ2v) is 20.0. The Balaban J connectivity index is 2.17. The first kappa shape index (κ1) is 62.1. The van der Waals surface area contributed by atoms with Gasteiger partial charge in [-0.05, 0) is 12.8 Å². The molecule has 0 radical (unpaired) electrons. The van der Waals surface area contributed by atoms with Gasteiger partial charge in [0.2, 0.25) is 5.91 Å². The van der Waals surface area contributed by atoms with Gasteiger partial charge in [-0.3, -0.25) is 4.79 Å². The van der Waals surface area contributed by atoms with E-state index in [1.165, 1.54) is 193 Å². The van der Waals surface area contributed by atoms with Gasteiger partial charge < -0.3 is 50.5 Å². The Hall–Kier alpha value is -0.890. The number of amides is 1. The van der Waals surface area contributed by atoms with Crippen molar-refractivity contribution in [3.63, 3.8) is 0 Å². The molecule has 0 aromatic carbocycles. The minimum atomic E-state index is -1.66. The monoisotopic (exact) mass is 930 g/mol. The van der Waals surface area contributed by atoms with Crippen LogP contribution in [0.15, 0.2) is 0 Å². The highest BCUT2D eigenvalue weighted by molar-refractivity contribution is 5.80. The zero-order valence-corrected chi connectivity index (χ0v) is 42.2. The maximum atomic E-state index is 13.0. The zero-order valence-electron chi connectivity index (χ0n) is 42.2. The molecule has 65 heavy (non-hydrogen) atoms. The topological polar surface area (TPSA) is 189 Å². The minimum absolute atomic E-state index is 0.263. The van der Waals surface area contributed by atoms with Crippen LogP contribution >= 0.6 is 0 Å². The van der Waals surface area contributed by atoms with Gasteiger partial charge in [0.25, 0.3) is 0 Å². The normalized spacial score (nSPS) is 20.8. The quantitative estimate of drug-likeness (QED) is 0.0273. The first-order chi connectivity index (χ1) is 31.7. The number of hydrogen-bond donors (Lipinski definition) is 8. The number of ether oxygens (including phenoxy) is 2. The molecule has 0 saturated carbocycles. The van der Waals surface area contributed by atoms with Crippen molar-refractivity contribution >= 4 is 5.91 Å². The summed E-state index contributed by atoms with van der Waals surface area (Å²) in [6.45, 7) is 3.43. The molecule has 0 spiro atoms. The summed E-state index contributed by atoms with van der Waals surface area (Å²) in [5, 5.41) is 75.7. The fourth-order valence-corrected chi connectivity index (χ4v) is 9.33. The van der Waals surface area contributed by atoms with Crippen LogP contribution in [0.3, 0.4) is 0 Å². The summed E-state index contributed by atoms with van der Waals surface area (Å²) in [6.07, 6.45) is 37.8. The van der Waals surface area contributed by atoms with Crippen LogP contribution in [0, 0.1) is 0 Å². The molecule has 11 nitrogen and oxygen atoms in total. The first-order valence-electron chi connectivity index (χ1n) is 27.9. The summed E-state index contributed by atoms with van der Waals surface area (Å²) in [6, 6.07) is -1.16. The summed E-state index contributed by atoms with van der Waals surface area (Å²) in [5.74, 6) is -0.697. The molecule has 9 atom stereocenters. The molecule has 0 aromatic rings. The van der Waals surface area contributed by atoms with Crippen molar-refractivity contribution in [2.45, 2.75) is 326 Å². The van der Waals surface area contributed by atoms with Gasteiger partial charge in [0.15, 0.2) is 6.29 Å². The molecule has 1 aliphatic heterocycles. The molecule has 8 N–H and O–H groups in total. The van der Waals surface area contributed by atoms with Crippen LogP contribution in [-0.2, 0) is 14.3 Å². The van der Waals surface area contributed by atoms with Crippen LogP contribution < -0.4 is 5.32 Å². The number of aliphatic hydroxyl groups excluding tert-OH is 7. The number of aliphatic hydroxyl groups is 7. The van der Waals surface area contributed by atoms with Crippen LogP contribution in [0.4, 0.5) is 0 Å². The molecule has 1 heterocycles. The van der Waals surface area contributed by atoms with Crippen molar-refractivity contribution in [2.24, 2.45) is 0 Å². The van der Waals surface area contributed by atoms with Crippen LogP contribution in [0.1, 0.15) is 271 Å². The molecule has 9 unspecified atom stereocenters. The molecule has 1 saturated heterocycles. The second kappa shape index (κ2) is 44.3. The van der Waals surface area contributed by atoms with Gasteiger partial charge in [0.1, 0.15) is 36.6 Å². The van der Waals surface area contributed by atoms with Crippen LogP contribution in [-0.4, -0.2) is 110 Å². The second-order valence-electron chi connectivity index (χ2n) is 20.0. The Morgan fingerprint density at radius 1 is 0.477 bits per heavy atom. The Kier molecular flexibility index (Phi) is 42.4. The van der Waals surface area contributed by atoms with E-state index >= 15 is 0 Å². The predicted molar refractivity (Wildman–Crippen MR) is 266 cm³/mol. The predicted octanol–water partition coefficient (Wildman–Crippen LogP) is 11.0.